The highest BCUT2D eigenvalue weighted by Crippen LogP contribution is 2.24. The van der Waals surface area contributed by atoms with Crippen LogP contribution in [-0.2, 0) is 21.4 Å². The fourth-order valence-corrected chi connectivity index (χ4v) is 6.57. The summed E-state index contributed by atoms with van der Waals surface area (Å²) in [5.74, 6) is 0.0433. The molecule has 0 atom stereocenters. The summed E-state index contributed by atoms with van der Waals surface area (Å²) in [6.07, 6.45) is 0. The van der Waals surface area contributed by atoms with E-state index in [2.05, 4.69) is 20.8 Å². The lowest BCUT2D eigenvalue weighted by Gasteiger charge is -2.18. The van der Waals surface area contributed by atoms with Crippen LogP contribution in [0.15, 0.2) is 82.8 Å². The lowest BCUT2D eigenvalue weighted by atomic mass is 10.2. The fraction of sp³-hybridized carbons (Fsp3) is 0.267. The van der Waals surface area contributed by atoms with Gasteiger partial charge in [0, 0.05) is 30.0 Å². The Kier molecular flexibility index (Phi) is 10.2. The summed E-state index contributed by atoms with van der Waals surface area (Å²) in [6, 6.07) is 21.2. The zero-order valence-electron chi connectivity index (χ0n) is 24.0. The lowest BCUT2D eigenvalue weighted by Crippen LogP contribution is -2.30. The van der Waals surface area contributed by atoms with Gasteiger partial charge < -0.3 is 10.6 Å². The molecule has 10 nitrogen and oxygen atoms in total. The number of nitrogens with zero attached hydrogens (tertiary/aromatic N) is 4. The highest BCUT2D eigenvalue weighted by Gasteiger charge is 2.22. The molecule has 0 unspecified atom stereocenters. The summed E-state index contributed by atoms with van der Waals surface area (Å²) in [4.78, 5) is 25.7. The van der Waals surface area contributed by atoms with Crippen molar-refractivity contribution in [3.63, 3.8) is 0 Å². The summed E-state index contributed by atoms with van der Waals surface area (Å²) in [6.45, 7) is 8.28. The molecule has 0 spiro atoms. The van der Waals surface area contributed by atoms with Gasteiger partial charge in [-0.2, -0.15) is 4.31 Å². The molecule has 0 aliphatic heterocycles. The first-order chi connectivity index (χ1) is 20.1. The van der Waals surface area contributed by atoms with Crippen LogP contribution in [0.1, 0.15) is 41.2 Å². The van der Waals surface area contributed by atoms with Crippen LogP contribution in [0, 0.1) is 13.8 Å². The molecular formula is C30H34N6O4S2. The zero-order valence-corrected chi connectivity index (χ0v) is 25.6. The third-order valence-corrected chi connectivity index (χ3v) is 9.45. The van der Waals surface area contributed by atoms with Gasteiger partial charge >= 0.3 is 0 Å². The standard InChI is InChI=1S/C30H34N6O4S2/c1-5-35(6-2)42(39,40)26-15-13-23(14-16-26)29(38)31-19-27-33-34-30(36(27)25-12-8-10-22(4)18-25)41-20-28(37)32-24-11-7-9-21(3)17-24/h7-18H,5-6,19-20H2,1-4H3,(H,31,38)(H,32,37). The number of hydrogen-bond donors (Lipinski definition) is 2. The molecule has 1 aromatic heterocycles. The Morgan fingerprint density at radius 2 is 1.57 bits per heavy atom. The van der Waals surface area contributed by atoms with Crippen molar-refractivity contribution in [2.75, 3.05) is 24.2 Å². The first-order valence-electron chi connectivity index (χ1n) is 13.5. The first-order valence-corrected chi connectivity index (χ1v) is 15.9. The molecule has 3 aromatic carbocycles. The average Bonchev–Trinajstić information content (AvgIpc) is 3.38. The average molecular weight is 607 g/mol. The SMILES string of the molecule is CCN(CC)S(=O)(=O)c1ccc(C(=O)NCc2nnc(SCC(=O)Nc3cccc(C)c3)n2-c2cccc(C)c2)cc1. The van der Waals surface area contributed by atoms with E-state index in [1.54, 1.807) is 13.8 Å². The summed E-state index contributed by atoms with van der Waals surface area (Å²) >= 11 is 1.24. The number of rotatable bonds is 12. The number of carbonyl (C=O) groups is 2. The Hall–Kier alpha value is -4.00. The van der Waals surface area contributed by atoms with Crippen molar-refractivity contribution in [3.05, 3.63) is 95.3 Å². The van der Waals surface area contributed by atoms with Gasteiger partial charge in [-0.3, -0.25) is 14.2 Å². The minimum Gasteiger partial charge on any atom is -0.345 e. The number of hydrogen-bond acceptors (Lipinski definition) is 7. The largest absolute Gasteiger partial charge is 0.345 e. The van der Waals surface area contributed by atoms with Crippen molar-refractivity contribution in [2.45, 2.75) is 44.3 Å². The van der Waals surface area contributed by atoms with Crippen LogP contribution in [0.5, 0.6) is 0 Å². The van der Waals surface area contributed by atoms with Crippen molar-refractivity contribution >= 4 is 39.3 Å². The molecule has 0 radical (unpaired) electrons. The molecule has 4 aromatic rings. The molecule has 0 aliphatic carbocycles. The quantitative estimate of drug-likeness (QED) is 0.226. The van der Waals surface area contributed by atoms with Crippen molar-refractivity contribution in [1.82, 2.24) is 24.4 Å². The number of nitrogens with one attached hydrogen (secondary N) is 2. The van der Waals surface area contributed by atoms with Crippen LogP contribution in [-0.4, -0.2) is 58.1 Å². The van der Waals surface area contributed by atoms with E-state index in [1.165, 1.54) is 40.3 Å². The van der Waals surface area contributed by atoms with Crippen LogP contribution in [0.2, 0.25) is 0 Å². The van der Waals surface area contributed by atoms with E-state index < -0.39 is 10.0 Å². The maximum Gasteiger partial charge on any atom is 0.251 e. The summed E-state index contributed by atoms with van der Waals surface area (Å²) in [5.41, 5.74) is 3.92. The summed E-state index contributed by atoms with van der Waals surface area (Å²) < 4.78 is 28.7. The number of benzene rings is 3. The van der Waals surface area contributed by atoms with E-state index in [1.807, 2.05) is 66.9 Å². The van der Waals surface area contributed by atoms with Gasteiger partial charge in [-0.05, 0) is 73.5 Å². The number of amides is 2. The van der Waals surface area contributed by atoms with Gasteiger partial charge in [0.1, 0.15) is 0 Å². The highest BCUT2D eigenvalue weighted by molar-refractivity contribution is 7.99. The molecule has 2 N–H and O–H groups in total. The van der Waals surface area contributed by atoms with E-state index in [9.17, 15) is 18.0 Å². The van der Waals surface area contributed by atoms with Gasteiger partial charge in [-0.15, -0.1) is 10.2 Å². The van der Waals surface area contributed by atoms with E-state index in [4.69, 9.17) is 0 Å². The van der Waals surface area contributed by atoms with Crippen molar-refractivity contribution < 1.29 is 18.0 Å². The number of aryl methyl sites for hydroxylation is 2. The second-order valence-corrected chi connectivity index (χ2v) is 12.5. The second kappa shape index (κ2) is 13.8. The molecule has 0 aliphatic rings. The Labute approximate surface area is 250 Å². The van der Waals surface area contributed by atoms with Crippen LogP contribution in [0.4, 0.5) is 5.69 Å². The van der Waals surface area contributed by atoms with Crippen LogP contribution in [0.3, 0.4) is 0 Å². The van der Waals surface area contributed by atoms with E-state index in [0.29, 0.717) is 29.6 Å². The molecular weight excluding hydrogens is 573 g/mol. The molecule has 0 saturated carbocycles. The van der Waals surface area contributed by atoms with Gasteiger partial charge in [0.2, 0.25) is 15.9 Å². The number of anilines is 1. The Bertz CT molecular complexity index is 1670. The fourth-order valence-electron chi connectivity index (χ4n) is 4.34. The molecule has 12 heteroatoms. The second-order valence-electron chi connectivity index (χ2n) is 9.58. The van der Waals surface area contributed by atoms with Crippen LogP contribution in [0.25, 0.3) is 5.69 Å². The van der Waals surface area contributed by atoms with Crippen molar-refractivity contribution in [3.8, 4) is 5.69 Å². The summed E-state index contributed by atoms with van der Waals surface area (Å²) in [7, 11) is -3.62. The number of aromatic nitrogens is 3. The minimum absolute atomic E-state index is 0.0648. The number of thioether (sulfide) groups is 1. The van der Waals surface area contributed by atoms with Gasteiger partial charge in [-0.25, -0.2) is 8.42 Å². The van der Waals surface area contributed by atoms with Gasteiger partial charge in [0.05, 0.1) is 17.2 Å². The molecule has 0 saturated heterocycles. The maximum atomic E-state index is 13.0. The Morgan fingerprint density at radius 1 is 0.905 bits per heavy atom. The number of carbonyl (C=O) groups excluding carboxylic acids is 2. The first kappa shape index (κ1) is 30.9. The van der Waals surface area contributed by atoms with E-state index in [0.717, 1.165) is 22.5 Å². The molecule has 220 valence electrons. The van der Waals surface area contributed by atoms with Crippen LogP contribution >= 0.6 is 11.8 Å². The summed E-state index contributed by atoms with van der Waals surface area (Å²) in [5, 5.41) is 14.9. The van der Waals surface area contributed by atoms with E-state index >= 15 is 0 Å². The number of sulfonamides is 1. The molecule has 0 fully saturated rings. The van der Waals surface area contributed by atoms with Crippen molar-refractivity contribution in [2.24, 2.45) is 0 Å². The third kappa shape index (κ3) is 7.44. The van der Waals surface area contributed by atoms with E-state index in [-0.39, 0.29) is 29.0 Å². The predicted molar refractivity (Wildman–Crippen MR) is 164 cm³/mol. The van der Waals surface area contributed by atoms with Gasteiger partial charge in [-0.1, -0.05) is 49.9 Å². The highest BCUT2D eigenvalue weighted by atomic mass is 32.2. The Balaban J connectivity index is 1.48. The topological polar surface area (TPSA) is 126 Å². The predicted octanol–water partition coefficient (Wildman–Crippen LogP) is 4.58. The molecule has 0 bridgehead atoms. The molecule has 4 rings (SSSR count). The lowest BCUT2D eigenvalue weighted by molar-refractivity contribution is -0.113. The third-order valence-electron chi connectivity index (χ3n) is 6.46. The van der Waals surface area contributed by atoms with Crippen LogP contribution < -0.4 is 10.6 Å². The maximum absolute atomic E-state index is 13.0. The normalized spacial score (nSPS) is 11.5. The van der Waals surface area contributed by atoms with Gasteiger partial charge in [0.25, 0.3) is 5.91 Å². The minimum atomic E-state index is -3.62. The molecule has 2 amide bonds. The molecule has 42 heavy (non-hydrogen) atoms. The van der Waals surface area contributed by atoms with Gasteiger partial charge in [0.15, 0.2) is 11.0 Å². The van der Waals surface area contributed by atoms with Crippen molar-refractivity contribution in [1.29, 1.82) is 0 Å². The Morgan fingerprint density at radius 3 is 2.21 bits per heavy atom. The monoisotopic (exact) mass is 606 g/mol. The smallest absolute Gasteiger partial charge is 0.251 e. The zero-order chi connectivity index (χ0) is 30.3. The molecule has 1 heterocycles.